The van der Waals surface area contributed by atoms with Crippen molar-refractivity contribution in [2.24, 2.45) is 5.92 Å². The van der Waals surface area contributed by atoms with Crippen molar-refractivity contribution in [1.29, 1.82) is 0 Å². The number of unbranched alkanes of at least 4 members (excludes halogenated alkanes) is 1. The molecule has 228 valence electrons. The molecular weight excluding hydrogens is 534 g/mol. The van der Waals surface area contributed by atoms with Crippen LogP contribution in [0.5, 0.6) is 0 Å². The summed E-state index contributed by atoms with van der Waals surface area (Å²) in [7, 11) is 0. The van der Waals surface area contributed by atoms with E-state index in [2.05, 4.69) is 72.6 Å². The molecule has 2 aromatic heterocycles. The number of fused-ring (bicyclic) bond motifs is 1. The van der Waals surface area contributed by atoms with Gasteiger partial charge in [0.05, 0.1) is 22.3 Å². The first-order valence-electron chi connectivity index (χ1n) is 16.0. The molecule has 0 radical (unpaired) electrons. The second-order valence-electron chi connectivity index (χ2n) is 13.0. The molecule has 0 aliphatic heterocycles. The Bertz CT molecular complexity index is 1490. The number of pyridine rings is 1. The molecule has 6 nitrogen and oxygen atoms in total. The summed E-state index contributed by atoms with van der Waals surface area (Å²) in [5.41, 5.74) is 8.19. The number of benzene rings is 2. The highest BCUT2D eigenvalue weighted by atomic mass is 16.5. The Morgan fingerprint density at radius 2 is 1.74 bits per heavy atom. The Balaban J connectivity index is 1.26. The number of nitrogens with one attached hydrogen (secondary N) is 1. The van der Waals surface area contributed by atoms with E-state index in [-0.39, 0.29) is 0 Å². The van der Waals surface area contributed by atoms with E-state index in [0.29, 0.717) is 18.3 Å². The fourth-order valence-corrected chi connectivity index (χ4v) is 6.40. The summed E-state index contributed by atoms with van der Waals surface area (Å²) in [5, 5.41) is 28.7. The molecule has 4 N–H and O–H groups in total. The van der Waals surface area contributed by atoms with Gasteiger partial charge in [-0.25, -0.2) is 4.98 Å². The number of aliphatic hydroxyl groups is 3. The van der Waals surface area contributed by atoms with Crippen LogP contribution >= 0.6 is 0 Å². The molecule has 1 saturated carbocycles. The molecule has 1 aliphatic carbocycles. The highest BCUT2D eigenvalue weighted by molar-refractivity contribution is 5.83. The van der Waals surface area contributed by atoms with E-state index in [1.165, 1.54) is 16.7 Å². The summed E-state index contributed by atoms with van der Waals surface area (Å²) in [6.45, 7) is 5.95. The van der Waals surface area contributed by atoms with Crippen molar-refractivity contribution >= 4 is 16.6 Å². The quantitative estimate of drug-likeness (QED) is 0.126. The van der Waals surface area contributed by atoms with Crippen molar-refractivity contribution in [3.63, 3.8) is 0 Å². The molecular formula is C37H47N3O3. The average Bonchev–Trinajstić information content (AvgIpc) is 3.42. The number of nitrogens with zero attached hydrogens (tertiary/aromatic N) is 2. The van der Waals surface area contributed by atoms with Crippen LogP contribution in [-0.2, 0) is 0 Å². The molecule has 0 saturated heterocycles. The molecule has 0 atom stereocenters. The minimum absolute atomic E-state index is 0.419. The van der Waals surface area contributed by atoms with E-state index in [1.54, 1.807) is 0 Å². The van der Waals surface area contributed by atoms with Crippen LogP contribution in [0.15, 0.2) is 66.9 Å². The van der Waals surface area contributed by atoms with Gasteiger partial charge in [0.15, 0.2) is 6.29 Å². The minimum atomic E-state index is -1.19. The summed E-state index contributed by atoms with van der Waals surface area (Å²) < 4.78 is 0. The van der Waals surface area contributed by atoms with Crippen LogP contribution in [0.1, 0.15) is 102 Å². The SMILES string of the molecule is CCCC=C(CCCC(C)(C)O)c1ccc2nc(-c3ccc(-c4ccc(C5CCC(CC(O)O)CC5)cc4)nc3)[nH]c2c1. The maximum Gasteiger partial charge on any atom is 0.151 e. The molecule has 2 aromatic carbocycles. The summed E-state index contributed by atoms with van der Waals surface area (Å²) in [6, 6.07) is 19.4. The van der Waals surface area contributed by atoms with Crippen molar-refractivity contribution in [3.05, 3.63) is 78.0 Å². The van der Waals surface area contributed by atoms with E-state index >= 15 is 0 Å². The van der Waals surface area contributed by atoms with Crippen LogP contribution in [-0.4, -0.2) is 42.2 Å². The van der Waals surface area contributed by atoms with Crippen LogP contribution in [0.4, 0.5) is 0 Å². The van der Waals surface area contributed by atoms with Crippen molar-refractivity contribution in [3.8, 4) is 22.6 Å². The predicted octanol–water partition coefficient (Wildman–Crippen LogP) is 8.39. The maximum absolute atomic E-state index is 10.1. The van der Waals surface area contributed by atoms with E-state index in [9.17, 15) is 15.3 Å². The van der Waals surface area contributed by atoms with Crippen LogP contribution in [0.3, 0.4) is 0 Å². The number of H-pyrrole nitrogens is 1. The van der Waals surface area contributed by atoms with E-state index < -0.39 is 11.9 Å². The van der Waals surface area contributed by atoms with Crippen LogP contribution in [0, 0.1) is 5.92 Å². The lowest BCUT2D eigenvalue weighted by Gasteiger charge is -2.29. The van der Waals surface area contributed by atoms with E-state index in [0.717, 1.165) is 91.5 Å². The average molecular weight is 582 g/mol. The highest BCUT2D eigenvalue weighted by Gasteiger charge is 2.23. The number of aromatic nitrogens is 3. The summed E-state index contributed by atoms with van der Waals surface area (Å²) in [6.07, 6.45) is 12.7. The van der Waals surface area contributed by atoms with Crippen molar-refractivity contribution in [2.45, 2.75) is 103 Å². The topological polar surface area (TPSA) is 102 Å². The lowest BCUT2D eigenvalue weighted by atomic mass is 9.77. The van der Waals surface area contributed by atoms with Gasteiger partial charge in [-0.05, 0) is 118 Å². The normalized spacial score (nSPS) is 18.1. The second-order valence-corrected chi connectivity index (χ2v) is 13.0. The standard InChI is InChI=1S/C37H47N3O3/c1-4-5-7-26(8-6-21-37(2,3)43)30-17-20-33-34(23-30)40-36(39-33)31-18-19-32(38-24-31)29-15-13-28(14-16-29)27-11-9-25(10-12-27)22-35(41)42/h7,13-20,23-25,27,35,41-43H,4-6,8-12,21-22H2,1-3H3,(H,39,40). The number of allylic oxidation sites excluding steroid dienone is 2. The molecule has 1 fully saturated rings. The van der Waals surface area contributed by atoms with Crippen molar-refractivity contribution < 1.29 is 15.3 Å². The zero-order chi connectivity index (χ0) is 30.4. The van der Waals surface area contributed by atoms with Gasteiger partial charge in [0.2, 0.25) is 0 Å². The number of hydrogen-bond acceptors (Lipinski definition) is 5. The van der Waals surface area contributed by atoms with Crippen molar-refractivity contribution in [1.82, 2.24) is 15.0 Å². The minimum Gasteiger partial charge on any atom is -0.390 e. The van der Waals surface area contributed by atoms with E-state index in [1.807, 2.05) is 20.0 Å². The van der Waals surface area contributed by atoms with Crippen LogP contribution in [0.25, 0.3) is 39.3 Å². The number of imidazole rings is 1. The second kappa shape index (κ2) is 14.0. The van der Waals surface area contributed by atoms with Gasteiger partial charge in [-0.2, -0.15) is 0 Å². The molecule has 0 amide bonds. The molecule has 43 heavy (non-hydrogen) atoms. The summed E-state index contributed by atoms with van der Waals surface area (Å²) in [4.78, 5) is 13.1. The Hall–Kier alpha value is -3.32. The van der Waals surface area contributed by atoms with Crippen LogP contribution < -0.4 is 0 Å². The smallest absolute Gasteiger partial charge is 0.151 e. The molecule has 5 rings (SSSR count). The Morgan fingerprint density at radius 1 is 1.00 bits per heavy atom. The largest absolute Gasteiger partial charge is 0.390 e. The third-order valence-corrected chi connectivity index (χ3v) is 8.87. The van der Waals surface area contributed by atoms with E-state index in [4.69, 9.17) is 9.97 Å². The van der Waals surface area contributed by atoms with Crippen molar-refractivity contribution in [2.75, 3.05) is 0 Å². The van der Waals surface area contributed by atoms with Gasteiger partial charge >= 0.3 is 0 Å². The van der Waals surface area contributed by atoms with Crippen LogP contribution in [0.2, 0.25) is 0 Å². The zero-order valence-corrected chi connectivity index (χ0v) is 25.9. The Morgan fingerprint density at radius 3 is 2.40 bits per heavy atom. The lowest BCUT2D eigenvalue weighted by Crippen LogP contribution is -2.18. The molecule has 0 unspecified atom stereocenters. The monoisotopic (exact) mass is 581 g/mol. The van der Waals surface area contributed by atoms with Gasteiger partial charge in [-0.15, -0.1) is 0 Å². The Labute approximate surface area is 255 Å². The van der Waals surface area contributed by atoms with Gasteiger partial charge < -0.3 is 20.3 Å². The number of rotatable bonds is 12. The zero-order valence-electron chi connectivity index (χ0n) is 25.9. The molecule has 0 bridgehead atoms. The molecule has 4 aromatic rings. The van der Waals surface area contributed by atoms with Gasteiger partial charge in [-0.3, -0.25) is 4.98 Å². The summed E-state index contributed by atoms with van der Waals surface area (Å²) >= 11 is 0. The predicted molar refractivity (Wildman–Crippen MR) is 175 cm³/mol. The first-order valence-corrected chi connectivity index (χ1v) is 16.0. The number of hydrogen-bond donors (Lipinski definition) is 4. The molecule has 1 aliphatic rings. The third-order valence-electron chi connectivity index (χ3n) is 8.87. The fraction of sp³-hybridized carbons (Fsp3) is 0.459. The van der Waals surface area contributed by atoms with Gasteiger partial charge in [0.1, 0.15) is 5.82 Å². The number of aliphatic hydroxyl groups excluding tert-OH is 1. The lowest BCUT2D eigenvalue weighted by molar-refractivity contribution is -0.0592. The first-order chi connectivity index (χ1) is 20.7. The molecule has 6 heteroatoms. The Kier molecular flexibility index (Phi) is 10.1. The molecule has 2 heterocycles. The first kappa shape index (κ1) is 31.1. The third kappa shape index (κ3) is 8.41. The highest BCUT2D eigenvalue weighted by Crippen LogP contribution is 2.38. The maximum atomic E-state index is 10.1. The number of aromatic amines is 1. The van der Waals surface area contributed by atoms with Gasteiger partial charge in [0, 0.05) is 23.7 Å². The summed E-state index contributed by atoms with van der Waals surface area (Å²) in [5.74, 6) is 1.77. The van der Waals surface area contributed by atoms with Gasteiger partial charge in [-0.1, -0.05) is 49.8 Å². The fourth-order valence-electron chi connectivity index (χ4n) is 6.40. The van der Waals surface area contributed by atoms with Gasteiger partial charge in [0.25, 0.3) is 0 Å². The molecule has 0 spiro atoms.